The van der Waals surface area contributed by atoms with E-state index in [2.05, 4.69) is 0 Å². The summed E-state index contributed by atoms with van der Waals surface area (Å²) in [7, 11) is 0. The molecule has 1 heterocycles. The zero-order valence-corrected chi connectivity index (χ0v) is 10.5. The summed E-state index contributed by atoms with van der Waals surface area (Å²) in [6.45, 7) is 0. The molecule has 0 radical (unpaired) electrons. The predicted octanol–water partition coefficient (Wildman–Crippen LogP) is 2.44. The Labute approximate surface area is 114 Å². The fourth-order valence-electron chi connectivity index (χ4n) is 2.15. The maximum Gasteiger partial charge on any atom is 0.193 e. The van der Waals surface area contributed by atoms with Crippen LogP contribution in [0, 0.1) is 0 Å². The lowest BCUT2D eigenvalue weighted by Gasteiger charge is -2.08. The van der Waals surface area contributed by atoms with E-state index < -0.39 is 6.29 Å². The Bertz CT molecular complexity index is 804. The number of fused-ring (bicyclic) bond motifs is 1. The van der Waals surface area contributed by atoms with Gasteiger partial charge in [-0.15, -0.1) is 0 Å². The molecule has 0 bridgehead atoms. The number of para-hydroxylation sites is 1. The molecule has 0 saturated carbocycles. The number of rotatable bonds is 2. The van der Waals surface area contributed by atoms with E-state index in [-0.39, 0.29) is 16.6 Å². The quantitative estimate of drug-likeness (QED) is 0.700. The number of aliphatic hydroxyl groups is 2. The van der Waals surface area contributed by atoms with Gasteiger partial charge in [-0.1, -0.05) is 42.5 Å². The summed E-state index contributed by atoms with van der Waals surface area (Å²) in [4.78, 5) is 12.1. The monoisotopic (exact) mass is 268 g/mol. The van der Waals surface area contributed by atoms with Gasteiger partial charge >= 0.3 is 0 Å². The van der Waals surface area contributed by atoms with Crippen molar-refractivity contribution < 1.29 is 14.6 Å². The van der Waals surface area contributed by atoms with Gasteiger partial charge in [0.1, 0.15) is 11.3 Å². The van der Waals surface area contributed by atoms with Gasteiger partial charge in [0, 0.05) is 11.6 Å². The highest BCUT2D eigenvalue weighted by Gasteiger charge is 2.13. The molecule has 4 heteroatoms. The highest BCUT2D eigenvalue weighted by Crippen LogP contribution is 2.26. The Hall–Kier alpha value is -2.43. The van der Waals surface area contributed by atoms with Crippen molar-refractivity contribution in [1.82, 2.24) is 0 Å². The lowest BCUT2D eigenvalue weighted by atomic mass is 10.1. The molecule has 4 nitrogen and oxygen atoms in total. The molecule has 3 aromatic rings. The zero-order valence-electron chi connectivity index (χ0n) is 10.5. The van der Waals surface area contributed by atoms with Crippen LogP contribution in [0.15, 0.2) is 63.8 Å². The second-order valence-electron chi connectivity index (χ2n) is 4.44. The molecule has 0 saturated heterocycles. The molecule has 2 N–H and O–H groups in total. The van der Waals surface area contributed by atoms with Crippen LogP contribution >= 0.6 is 0 Å². The molecule has 0 spiro atoms. The molecule has 0 atom stereocenters. The maximum atomic E-state index is 12.1. The average molecular weight is 268 g/mol. The minimum absolute atomic E-state index is 0.178. The van der Waals surface area contributed by atoms with Gasteiger partial charge < -0.3 is 14.6 Å². The lowest BCUT2D eigenvalue weighted by Crippen LogP contribution is -2.04. The first kappa shape index (κ1) is 12.6. The minimum atomic E-state index is -1.69. The van der Waals surface area contributed by atoms with Crippen molar-refractivity contribution in [3.05, 3.63) is 70.4 Å². The topological polar surface area (TPSA) is 70.7 Å². The van der Waals surface area contributed by atoms with Crippen LogP contribution in [0.25, 0.3) is 22.3 Å². The van der Waals surface area contributed by atoms with Crippen LogP contribution in [-0.4, -0.2) is 10.2 Å². The Morgan fingerprint density at radius 3 is 2.40 bits per heavy atom. The van der Waals surface area contributed by atoms with Gasteiger partial charge in [0.2, 0.25) is 0 Å². The molecule has 0 aliphatic rings. The molecule has 0 fully saturated rings. The van der Waals surface area contributed by atoms with Crippen molar-refractivity contribution in [3.8, 4) is 11.3 Å². The first-order valence-electron chi connectivity index (χ1n) is 6.15. The molecule has 0 aliphatic carbocycles. The van der Waals surface area contributed by atoms with Crippen LogP contribution in [0.2, 0.25) is 0 Å². The van der Waals surface area contributed by atoms with Gasteiger partial charge in [-0.25, -0.2) is 0 Å². The van der Waals surface area contributed by atoms with E-state index >= 15 is 0 Å². The van der Waals surface area contributed by atoms with Crippen molar-refractivity contribution in [2.24, 2.45) is 0 Å². The van der Waals surface area contributed by atoms with Crippen LogP contribution in [-0.2, 0) is 0 Å². The van der Waals surface area contributed by atoms with Crippen LogP contribution in [0.5, 0.6) is 0 Å². The van der Waals surface area contributed by atoms with Crippen molar-refractivity contribution >= 4 is 11.0 Å². The molecule has 3 rings (SSSR count). The normalized spacial score (nSPS) is 11.2. The van der Waals surface area contributed by atoms with E-state index in [1.165, 1.54) is 12.1 Å². The smallest absolute Gasteiger partial charge is 0.193 e. The highest BCUT2D eigenvalue weighted by atomic mass is 16.5. The molecule has 0 unspecified atom stereocenters. The number of hydrogen-bond donors (Lipinski definition) is 2. The van der Waals surface area contributed by atoms with E-state index in [4.69, 9.17) is 4.42 Å². The third-order valence-corrected chi connectivity index (χ3v) is 3.12. The molecule has 0 amide bonds. The summed E-state index contributed by atoms with van der Waals surface area (Å²) in [6, 6.07) is 15.3. The highest BCUT2D eigenvalue weighted by molar-refractivity contribution is 5.81. The van der Waals surface area contributed by atoms with Crippen molar-refractivity contribution in [1.29, 1.82) is 0 Å². The maximum absolute atomic E-state index is 12.1. The summed E-state index contributed by atoms with van der Waals surface area (Å²) in [6.07, 6.45) is -1.69. The summed E-state index contributed by atoms with van der Waals surface area (Å²) in [5.41, 5.74) is 0.924. The second kappa shape index (κ2) is 4.92. The van der Waals surface area contributed by atoms with E-state index in [0.717, 1.165) is 5.56 Å². The van der Waals surface area contributed by atoms with E-state index in [0.29, 0.717) is 11.1 Å². The summed E-state index contributed by atoms with van der Waals surface area (Å²) in [5.74, 6) is 0.399. The molecule has 1 aromatic heterocycles. The first-order valence-corrected chi connectivity index (χ1v) is 6.15. The predicted molar refractivity (Wildman–Crippen MR) is 75.1 cm³/mol. The third kappa shape index (κ3) is 2.11. The number of benzene rings is 2. The van der Waals surface area contributed by atoms with Gasteiger partial charge in [0.05, 0.1) is 10.9 Å². The molecule has 0 aliphatic heterocycles. The van der Waals surface area contributed by atoms with Gasteiger partial charge in [-0.3, -0.25) is 4.79 Å². The van der Waals surface area contributed by atoms with Gasteiger partial charge in [0.15, 0.2) is 11.7 Å². The van der Waals surface area contributed by atoms with Crippen LogP contribution in [0.3, 0.4) is 0 Å². The van der Waals surface area contributed by atoms with Gasteiger partial charge in [-0.2, -0.15) is 0 Å². The lowest BCUT2D eigenvalue weighted by molar-refractivity contribution is -0.0419. The zero-order chi connectivity index (χ0) is 14.1. The van der Waals surface area contributed by atoms with Crippen LogP contribution < -0.4 is 5.43 Å². The molecule has 20 heavy (non-hydrogen) atoms. The molecule has 2 aromatic carbocycles. The molecular formula is C16H12O4. The largest absolute Gasteiger partial charge is 0.455 e. The Morgan fingerprint density at radius 2 is 1.70 bits per heavy atom. The van der Waals surface area contributed by atoms with Gasteiger partial charge in [0.25, 0.3) is 0 Å². The number of hydrogen-bond acceptors (Lipinski definition) is 4. The van der Waals surface area contributed by atoms with E-state index in [1.807, 2.05) is 30.3 Å². The Kier molecular flexibility index (Phi) is 3.10. The van der Waals surface area contributed by atoms with E-state index in [9.17, 15) is 15.0 Å². The number of aliphatic hydroxyl groups excluding tert-OH is 1. The van der Waals surface area contributed by atoms with Crippen molar-refractivity contribution in [2.75, 3.05) is 0 Å². The summed E-state index contributed by atoms with van der Waals surface area (Å²) < 4.78 is 5.70. The standard InChI is InChI=1S/C16H12O4/c17-13-9-14(10-5-2-1-3-6-10)20-15-11(13)7-4-8-12(15)16(18)19/h1-9,16,18-19H. The van der Waals surface area contributed by atoms with Crippen LogP contribution in [0.4, 0.5) is 0 Å². The van der Waals surface area contributed by atoms with Crippen LogP contribution in [0.1, 0.15) is 11.9 Å². The van der Waals surface area contributed by atoms with Crippen molar-refractivity contribution in [2.45, 2.75) is 6.29 Å². The average Bonchev–Trinajstić information content (AvgIpc) is 2.47. The fraction of sp³-hybridized carbons (Fsp3) is 0.0625. The third-order valence-electron chi connectivity index (χ3n) is 3.12. The van der Waals surface area contributed by atoms with Crippen molar-refractivity contribution in [3.63, 3.8) is 0 Å². The molecule has 100 valence electrons. The first-order chi connectivity index (χ1) is 9.66. The summed E-state index contributed by atoms with van der Waals surface area (Å²) >= 11 is 0. The van der Waals surface area contributed by atoms with E-state index in [1.54, 1.807) is 12.1 Å². The SMILES string of the molecule is O=c1cc(-c2ccccc2)oc2c(C(O)O)cccc12. The van der Waals surface area contributed by atoms with Gasteiger partial charge in [-0.05, 0) is 6.07 Å². The summed E-state index contributed by atoms with van der Waals surface area (Å²) in [5, 5.41) is 19.1. The Balaban J connectivity index is 2.33. The second-order valence-corrected chi connectivity index (χ2v) is 4.44. The minimum Gasteiger partial charge on any atom is -0.455 e. The fourth-order valence-corrected chi connectivity index (χ4v) is 2.15. The Morgan fingerprint density at radius 1 is 0.950 bits per heavy atom. The molecular weight excluding hydrogens is 256 g/mol.